The van der Waals surface area contributed by atoms with Gasteiger partial charge >= 0.3 is 0 Å². The van der Waals surface area contributed by atoms with Crippen LogP contribution in [0.1, 0.15) is 47.0 Å². The SMILES string of the molecule is CCCSP(=S)(OCC)ON=S1C2=NC=C3C=CCCC3N2CC1(C)C. The molecule has 1 saturated heterocycles. The van der Waals surface area contributed by atoms with Crippen molar-refractivity contribution >= 4 is 44.7 Å². The number of hydrogen-bond acceptors (Lipinski definition) is 7. The molecule has 5 nitrogen and oxygen atoms in total. The Balaban J connectivity index is 1.86. The first-order valence-electron chi connectivity index (χ1n) is 9.14. The normalized spacial score (nSPS) is 29.0. The Hall–Kier alpha value is 0.0200. The summed E-state index contributed by atoms with van der Waals surface area (Å²) in [5.41, 5.74) is -1.12. The Labute approximate surface area is 168 Å². The lowest BCUT2D eigenvalue weighted by Gasteiger charge is -2.34. The minimum absolute atomic E-state index is 0.0227. The monoisotopic (exact) mass is 433 g/mol. The van der Waals surface area contributed by atoms with Crippen LogP contribution in [0.5, 0.6) is 0 Å². The molecule has 0 bridgehead atoms. The third kappa shape index (κ3) is 4.36. The summed E-state index contributed by atoms with van der Waals surface area (Å²) in [4.78, 5) is 7.19. The van der Waals surface area contributed by atoms with Crippen molar-refractivity contribution in [1.29, 1.82) is 0 Å². The van der Waals surface area contributed by atoms with Crippen LogP contribution >= 0.6 is 17.1 Å². The predicted octanol–water partition coefficient (Wildman–Crippen LogP) is 5.19. The molecule has 0 amide bonds. The highest BCUT2D eigenvalue weighted by Crippen LogP contribution is 2.61. The van der Waals surface area contributed by atoms with Crippen LogP contribution in [0.4, 0.5) is 0 Å². The average Bonchev–Trinajstić information content (AvgIpc) is 2.88. The molecule has 2 heterocycles. The second-order valence-electron chi connectivity index (χ2n) is 7.06. The van der Waals surface area contributed by atoms with Gasteiger partial charge in [-0.3, -0.25) is 0 Å². The summed E-state index contributed by atoms with van der Waals surface area (Å²) in [5.74, 6) is 0.928. The zero-order chi connectivity index (χ0) is 18.8. The molecule has 0 aromatic carbocycles. The first-order valence-corrected chi connectivity index (χ1v) is 14.6. The molecule has 3 aliphatic rings. The number of aliphatic imine (C=N–C) groups is 1. The van der Waals surface area contributed by atoms with Crippen LogP contribution in [-0.4, -0.2) is 39.8 Å². The summed E-state index contributed by atoms with van der Waals surface area (Å²) in [7, 11) is -0.447. The quantitative estimate of drug-likeness (QED) is 0.408. The van der Waals surface area contributed by atoms with Gasteiger partial charge in [0.05, 0.1) is 12.6 Å². The zero-order valence-electron chi connectivity index (χ0n) is 15.9. The summed E-state index contributed by atoms with van der Waals surface area (Å²) < 4.78 is 16.3. The van der Waals surface area contributed by atoms with Gasteiger partial charge in [-0.25, -0.2) is 4.99 Å². The van der Waals surface area contributed by atoms with Gasteiger partial charge in [-0.15, -0.1) is 0 Å². The molecule has 3 atom stereocenters. The van der Waals surface area contributed by atoms with Crippen LogP contribution in [-0.2, 0) is 31.6 Å². The number of allylic oxidation sites excluding steroid dienone is 1. The molecule has 2 aliphatic heterocycles. The predicted molar refractivity (Wildman–Crippen MR) is 118 cm³/mol. The van der Waals surface area contributed by atoms with E-state index >= 15 is 0 Å². The number of hydrogen-bond donors (Lipinski definition) is 0. The summed E-state index contributed by atoms with van der Waals surface area (Å²) in [6.07, 6.45) is 9.75. The number of fused-ring (bicyclic) bond motifs is 3. The van der Waals surface area contributed by atoms with Gasteiger partial charge in [0.1, 0.15) is 0 Å². The van der Waals surface area contributed by atoms with E-state index in [0.29, 0.717) is 12.6 Å². The molecular weight excluding hydrogens is 405 g/mol. The molecule has 3 unspecified atom stereocenters. The minimum atomic E-state index is -2.43. The Bertz CT molecular complexity index is 718. The smallest absolute Gasteiger partial charge is 0.273 e. The van der Waals surface area contributed by atoms with Gasteiger partial charge in [0.15, 0.2) is 5.17 Å². The van der Waals surface area contributed by atoms with Crippen molar-refractivity contribution in [2.45, 2.75) is 57.7 Å². The molecule has 9 heteroatoms. The molecule has 1 aliphatic carbocycles. The van der Waals surface area contributed by atoms with E-state index in [9.17, 15) is 0 Å². The topological polar surface area (TPSA) is 46.4 Å². The second-order valence-corrected chi connectivity index (χ2v) is 15.6. The van der Waals surface area contributed by atoms with Crippen LogP contribution in [0.2, 0.25) is 0 Å². The molecule has 0 aromatic rings. The molecule has 1 fully saturated rings. The van der Waals surface area contributed by atoms with Crippen molar-refractivity contribution in [3.63, 3.8) is 0 Å². The number of nitrogens with zero attached hydrogens (tertiary/aromatic N) is 3. The first kappa shape index (κ1) is 20.7. The zero-order valence-corrected chi connectivity index (χ0v) is 19.2. The van der Waals surface area contributed by atoms with E-state index in [-0.39, 0.29) is 4.75 Å². The fourth-order valence-corrected chi connectivity index (χ4v) is 9.72. The standard InChI is InChI=1S/C17H28N3O2PS3/c1-5-11-25-23(24,21-6-2)22-19-26-16-18-12-14-9-7-8-10-15(14)20(16)13-17(26,3)4/h7,9,12,15H,5-6,8,10-11,13H2,1-4H3. The largest absolute Gasteiger partial charge is 0.342 e. The molecule has 0 saturated carbocycles. The fraction of sp³-hybridized carbons (Fsp3) is 0.706. The Kier molecular flexibility index (Phi) is 6.85. The molecule has 0 N–H and O–H groups in total. The molecule has 26 heavy (non-hydrogen) atoms. The highest BCUT2D eigenvalue weighted by molar-refractivity contribution is 8.67. The average molecular weight is 434 g/mol. The maximum absolute atomic E-state index is 5.94. The second kappa shape index (κ2) is 8.58. The van der Waals surface area contributed by atoms with E-state index in [1.165, 1.54) is 5.57 Å². The Morgan fingerprint density at radius 1 is 1.50 bits per heavy atom. The maximum atomic E-state index is 5.94. The van der Waals surface area contributed by atoms with Gasteiger partial charge in [0.25, 0.3) is 5.69 Å². The molecule has 146 valence electrons. The molecule has 3 rings (SSSR count). The van der Waals surface area contributed by atoms with E-state index in [1.54, 1.807) is 11.4 Å². The summed E-state index contributed by atoms with van der Waals surface area (Å²) in [5, 5.41) is 1.04. The molecule has 0 radical (unpaired) electrons. The first-order chi connectivity index (χ1) is 12.4. The third-order valence-electron chi connectivity index (χ3n) is 4.44. The van der Waals surface area contributed by atoms with Crippen LogP contribution in [0.25, 0.3) is 0 Å². The fourth-order valence-electron chi connectivity index (χ4n) is 3.26. The van der Waals surface area contributed by atoms with Gasteiger partial charge in [-0.1, -0.05) is 35.0 Å². The number of rotatable bonds is 7. The summed E-state index contributed by atoms with van der Waals surface area (Å²) in [6, 6.07) is 0.420. The van der Waals surface area contributed by atoms with Crippen LogP contribution in [0.15, 0.2) is 33.4 Å². The lowest BCUT2D eigenvalue weighted by atomic mass is 9.94. The van der Waals surface area contributed by atoms with Crippen molar-refractivity contribution in [1.82, 2.24) is 4.90 Å². The van der Waals surface area contributed by atoms with Crippen LogP contribution in [0.3, 0.4) is 0 Å². The molecule has 0 aromatic heterocycles. The van der Waals surface area contributed by atoms with Crippen molar-refractivity contribution in [3.05, 3.63) is 23.9 Å². The van der Waals surface area contributed by atoms with Crippen molar-refractivity contribution in [2.75, 3.05) is 18.9 Å². The van der Waals surface area contributed by atoms with E-state index in [0.717, 1.165) is 36.7 Å². The van der Waals surface area contributed by atoms with Crippen molar-refractivity contribution in [3.8, 4) is 0 Å². The van der Waals surface area contributed by atoms with Gasteiger partial charge in [-0.2, -0.15) is 4.62 Å². The lowest BCUT2D eigenvalue weighted by Crippen LogP contribution is -2.41. The molecule has 0 spiro atoms. The van der Waals surface area contributed by atoms with Gasteiger partial charge in [0, 0.05) is 33.9 Å². The van der Waals surface area contributed by atoms with E-state index < -0.39 is 16.4 Å². The van der Waals surface area contributed by atoms with E-state index in [1.807, 2.05) is 13.1 Å². The molecular formula is C17H28N3O2PS3. The van der Waals surface area contributed by atoms with Gasteiger partial charge in [0.2, 0.25) is 0 Å². The van der Waals surface area contributed by atoms with Crippen molar-refractivity contribution in [2.24, 2.45) is 9.52 Å². The van der Waals surface area contributed by atoms with E-state index in [4.69, 9.17) is 25.9 Å². The minimum Gasteiger partial charge on any atom is -0.342 e. The van der Waals surface area contributed by atoms with Gasteiger partial charge < -0.3 is 9.42 Å². The van der Waals surface area contributed by atoms with Crippen LogP contribution < -0.4 is 0 Å². The lowest BCUT2D eigenvalue weighted by molar-refractivity contribution is 0.284. The third-order valence-corrected chi connectivity index (χ3v) is 11.9. The van der Waals surface area contributed by atoms with Crippen LogP contribution in [0, 0.1) is 0 Å². The Morgan fingerprint density at radius 2 is 2.31 bits per heavy atom. The number of amidine groups is 1. The highest BCUT2D eigenvalue weighted by atomic mass is 32.9. The summed E-state index contributed by atoms with van der Waals surface area (Å²) in [6.45, 7) is 10.1. The van der Waals surface area contributed by atoms with Crippen molar-refractivity contribution < 1.29 is 9.15 Å². The Morgan fingerprint density at radius 3 is 3.04 bits per heavy atom. The summed E-state index contributed by atoms with van der Waals surface area (Å²) >= 11 is 7.28. The van der Waals surface area contributed by atoms with E-state index in [2.05, 4.69) is 42.3 Å². The van der Waals surface area contributed by atoms with Gasteiger partial charge in [-0.05, 0) is 57.4 Å². The maximum Gasteiger partial charge on any atom is 0.273 e. The highest BCUT2D eigenvalue weighted by Gasteiger charge is 2.45.